The molecule has 0 radical (unpaired) electrons. The van der Waals surface area contributed by atoms with Gasteiger partial charge in [0.15, 0.2) is 23.0 Å². The largest absolute Gasteiger partial charge is 0.493 e. The highest BCUT2D eigenvalue weighted by molar-refractivity contribution is 5.73. The van der Waals surface area contributed by atoms with Crippen LogP contribution in [0.25, 0.3) is 0 Å². The molecule has 1 aliphatic heterocycles. The fourth-order valence-electron chi connectivity index (χ4n) is 2.84. The van der Waals surface area contributed by atoms with E-state index in [1.807, 2.05) is 36.4 Å². The minimum absolute atomic E-state index is 0.184. The summed E-state index contributed by atoms with van der Waals surface area (Å²) >= 11 is 0. The fourth-order valence-corrected chi connectivity index (χ4v) is 2.84. The number of carbonyl (C=O) groups excluding carboxylic acids is 1. The van der Waals surface area contributed by atoms with E-state index >= 15 is 0 Å². The third kappa shape index (κ3) is 4.97. The summed E-state index contributed by atoms with van der Waals surface area (Å²) in [7, 11) is 3.21. The lowest BCUT2D eigenvalue weighted by Crippen LogP contribution is -2.37. The average Bonchev–Trinajstić information content (AvgIpc) is 3.15. The van der Waals surface area contributed by atoms with Crippen LogP contribution in [0, 0.1) is 0 Å². The number of ether oxygens (including phenoxy) is 4. The topological polar surface area (TPSA) is 78.1 Å². The third-order valence-corrected chi connectivity index (χ3v) is 4.28. The van der Waals surface area contributed by atoms with Crippen molar-refractivity contribution in [1.29, 1.82) is 0 Å². The Bertz CT molecular complexity index is 794. The average molecular weight is 372 g/mol. The first-order valence-electron chi connectivity index (χ1n) is 8.80. The molecular formula is C20H24N2O5. The van der Waals surface area contributed by atoms with Gasteiger partial charge in [0.2, 0.25) is 6.79 Å². The molecule has 1 heterocycles. The lowest BCUT2D eigenvalue weighted by atomic mass is 10.1. The van der Waals surface area contributed by atoms with Crippen LogP contribution < -0.4 is 29.6 Å². The maximum Gasteiger partial charge on any atom is 0.314 e. The molecule has 0 fully saturated rings. The molecule has 27 heavy (non-hydrogen) atoms. The van der Waals surface area contributed by atoms with Crippen molar-refractivity contribution in [3.8, 4) is 23.0 Å². The second-order valence-corrected chi connectivity index (χ2v) is 6.06. The summed E-state index contributed by atoms with van der Waals surface area (Å²) in [6.45, 7) is 1.34. The van der Waals surface area contributed by atoms with Gasteiger partial charge in [0.1, 0.15) is 0 Å². The van der Waals surface area contributed by atoms with Gasteiger partial charge in [-0.1, -0.05) is 12.1 Å². The molecule has 0 unspecified atom stereocenters. The summed E-state index contributed by atoms with van der Waals surface area (Å²) in [5, 5.41) is 5.72. The normalized spacial score (nSPS) is 11.8. The lowest BCUT2D eigenvalue weighted by molar-refractivity contribution is 0.174. The second-order valence-electron chi connectivity index (χ2n) is 6.06. The van der Waals surface area contributed by atoms with Gasteiger partial charge in [0.05, 0.1) is 14.2 Å². The van der Waals surface area contributed by atoms with Gasteiger partial charge in [0, 0.05) is 13.1 Å². The van der Waals surface area contributed by atoms with Gasteiger partial charge >= 0.3 is 6.03 Å². The molecule has 3 rings (SSSR count). The quantitative estimate of drug-likeness (QED) is 0.745. The van der Waals surface area contributed by atoms with E-state index in [4.69, 9.17) is 18.9 Å². The maximum atomic E-state index is 11.9. The van der Waals surface area contributed by atoms with Gasteiger partial charge < -0.3 is 29.6 Å². The Hall–Kier alpha value is -3.09. The van der Waals surface area contributed by atoms with E-state index < -0.39 is 0 Å². The molecule has 7 nitrogen and oxygen atoms in total. The van der Waals surface area contributed by atoms with Crippen molar-refractivity contribution in [2.75, 3.05) is 34.1 Å². The number of urea groups is 1. The van der Waals surface area contributed by atoms with E-state index in [9.17, 15) is 4.79 Å². The first-order chi connectivity index (χ1) is 13.2. The van der Waals surface area contributed by atoms with E-state index in [-0.39, 0.29) is 12.8 Å². The summed E-state index contributed by atoms with van der Waals surface area (Å²) in [4.78, 5) is 11.9. The maximum absolute atomic E-state index is 11.9. The molecule has 0 saturated heterocycles. The molecule has 144 valence electrons. The van der Waals surface area contributed by atoms with E-state index in [0.717, 1.165) is 29.0 Å². The van der Waals surface area contributed by atoms with Gasteiger partial charge in [-0.3, -0.25) is 0 Å². The van der Waals surface area contributed by atoms with Crippen LogP contribution in [0.15, 0.2) is 36.4 Å². The monoisotopic (exact) mass is 372 g/mol. The number of nitrogens with one attached hydrogen (secondary N) is 2. The van der Waals surface area contributed by atoms with E-state index in [0.29, 0.717) is 31.0 Å². The number of hydrogen-bond acceptors (Lipinski definition) is 5. The summed E-state index contributed by atoms with van der Waals surface area (Å²) in [6, 6.07) is 11.4. The predicted molar refractivity (Wildman–Crippen MR) is 101 cm³/mol. The molecule has 0 spiro atoms. The summed E-state index contributed by atoms with van der Waals surface area (Å²) in [6.07, 6.45) is 1.43. The number of fused-ring (bicyclic) bond motifs is 1. The summed E-state index contributed by atoms with van der Waals surface area (Å²) in [5.74, 6) is 2.89. The highest BCUT2D eigenvalue weighted by Crippen LogP contribution is 2.32. The van der Waals surface area contributed by atoms with Gasteiger partial charge in [-0.15, -0.1) is 0 Å². The number of rotatable bonds is 8. The van der Waals surface area contributed by atoms with Crippen LogP contribution in [0.3, 0.4) is 0 Å². The molecule has 0 aromatic heterocycles. The highest BCUT2D eigenvalue weighted by atomic mass is 16.7. The SMILES string of the molecule is COc1ccc(CCNC(=O)NCCc2ccc3c(c2)OCO3)cc1OC. The van der Waals surface area contributed by atoms with Gasteiger partial charge in [-0.2, -0.15) is 0 Å². The molecule has 0 atom stereocenters. The minimum Gasteiger partial charge on any atom is -0.493 e. The Morgan fingerprint density at radius 1 is 0.889 bits per heavy atom. The van der Waals surface area contributed by atoms with Crippen molar-refractivity contribution in [3.05, 3.63) is 47.5 Å². The van der Waals surface area contributed by atoms with Crippen molar-refractivity contribution in [3.63, 3.8) is 0 Å². The zero-order valence-corrected chi connectivity index (χ0v) is 15.5. The lowest BCUT2D eigenvalue weighted by Gasteiger charge is -2.11. The number of methoxy groups -OCH3 is 2. The van der Waals surface area contributed by atoms with Crippen molar-refractivity contribution >= 4 is 6.03 Å². The number of amides is 2. The van der Waals surface area contributed by atoms with Gasteiger partial charge in [0.25, 0.3) is 0 Å². The molecule has 7 heteroatoms. The molecule has 2 amide bonds. The Labute approximate surface area is 158 Å². The van der Waals surface area contributed by atoms with Crippen molar-refractivity contribution < 1.29 is 23.7 Å². The van der Waals surface area contributed by atoms with E-state index in [1.165, 1.54) is 0 Å². The molecule has 2 N–H and O–H groups in total. The standard InChI is InChI=1S/C20H24N2O5/c1-24-16-5-3-14(11-18(16)25-2)7-9-21-20(23)22-10-8-15-4-6-17-19(12-15)27-13-26-17/h3-6,11-12H,7-10,13H2,1-2H3,(H2,21,22,23). The Kier molecular flexibility index (Phi) is 6.25. The van der Waals surface area contributed by atoms with Gasteiger partial charge in [-0.05, 0) is 48.2 Å². The van der Waals surface area contributed by atoms with Crippen LogP contribution in [0.1, 0.15) is 11.1 Å². The van der Waals surface area contributed by atoms with Crippen LogP contribution in [0.4, 0.5) is 4.79 Å². The van der Waals surface area contributed by atoms with Crippen LogP contribution in [0.2, 0.25) is 0 Å². The summed E-state index contributed by atoms with van der Waals surface area (Å²) in [5.41, 5.74) is 2.15. The predicted octanol–water partition coefficient (Wildman–Crippen LogP) is 2.52. The Balaban J connectivity index is 1.37. The highest BCUT2D eigenvalue weighted by Gasteiger charge is 2.13. The first-order valence-corrected chi connectivity index (χ1v) is 8.80. The Morgan fingerprint density at radius 3 is 2.22 bits per heavy atom. The molecule has 0 saturated carbocycles. The number of hydrogen-bond donors (Lipinski definition) is 2. The van der Waals surface area contributed by atoms with E-state index in [1.54, 1.807) is 14.2 Å². The zero-order chi connectivity index (χ0) is 19.1. The van der Waals surface area contributed by atoms with Crippen LogP contribution >= 0.6 is 0 Å². The van der Waals surface area contributed by atoms with Crippen LogP contribution in [0.5, 0.6) is 23.0 Å². The molecule has 2 aromatic rings. The van der Waals surface area contributed by atoms with Crippen molar-refractivity contribution in [2.24, 2.45) is 0 Å². The third-order valence-electron chi connectivity index (χ3n) is 4.28. The molecule has 2 aromatic carbocycles. The minimum atomic E-state index is -0.184. The van der Waals surface area contributed by atoms with Crippen molar-refractivity contribution in [2.45, 2.75) is 12.8 Å². The molecule has 1 aliphatic rings. The van der Waals surface area contributed by atoms with Crippen molar-refractivity contribution in [1.82, 2.24) is 10.6 Å². The number of benzene rings is 2. The van der Waals surface area contributed by atoms with E-state index in [2.05, 4.69) is 10.6 Å². The smallest absolute Gasteiger partial charge is 0.314 e. The number of carbonyl (C=O) groups is 1. The fraction of sp³-hybridized carbons (Fsp3) is 0.350. The molecular weight excluding hydrogens is 348 g/mol. The molecule has 0 aliphatic carbocycles. The van der Waals surface area contributed by atoms with Crippen LogP contribution in [-0.4, -0.2) is 40.1 Å². The zero-order valence-electron chi connectivity index (χ0n) is 15.5. The van der Waals surface area contributed by atoms with Crippen LogP contribution in [-0.2, 0) is 12.8 Å². The summed E-state index contributed by atoms with van der Waals surface area (Å²) < 4.78 is 21.1. The molecule has 0 bridgehead atoms. The first kappa shape index (κ1) is 18.7. The Morgan fingerprint density at radius 2 is 1.52 bits per heavy atom. The van der Waals surface area contributed by atoms with Gasteiger partial charge in [-0.25, -0.2) is 4.79 Å². The second kappa shape index (κ2) is 9.02.